The number of nitrogen functional groups attached to an aromatic ring is 1. The van der Waals surface area contributed by atoms with Gasteiger partial charge in [-0.05, 0) is 36.8 Å². The lowest BCUT2D eigenvalue weighted by Crippen LogP contribution is -2.15. The van der Waals surface area contributed by atoms with Crippen molar-refractivity contribution in [2.75, 3.05) is 23.9 Å². The van der Waals surface area contributed by atoms with E-state index < -0.39 is 0 Å². The molecule has 0 unspecified atom stereocenters. The highest BCUT2D eigenvalue weighted by atomic mass is 32.2. The number of pyridine rings is 1. The van der Waals surface area contributed by atoms with Crippen molar-refractivity contribution in [2.45, 2.75) is 11.9 Å². The average Bonchev–Trinajstić information content (AvgIpc) is 2.47. The van der Waals surface area contributed by atoms with E-state index in [1.54, 1.807) is 25.4 Å². The molecule has 1 amide bonds. The largest absolute Gasteiger partial charge is 0.495 e. The zero-order chi connectivity index (χ0) is 15.2. The van der Waals surface area contributed by atoms with Crippen LogP contribution in [0.15, 0.2) is 41.6 Å². The summed E-state index contributed by atoms with van der Waals surface area (Å²) < 4.78 is 5.23. The SMILES string of the molecule is COc1ccc(C)cc1NC(=O)CSc1ccc(N)cn1. The average molecular weight is 303 g/mol. The molecule has 0 radical (unpaired) electrons. The standard InChI is InChI=1S/C15H17N3O2S/c1-10-3-5-13(20-2)12(7-10)18-14(19)9-21-15-6-4-11(16)8-17-15/h3-8H,9,16H2,1-2H3,(H,18,19). The number of hydrogen-bond acceptors (Lipinski definition) is 5. The Balaban J connectivity index is 1.95. The number of thioether (sulfide) groups is 1. The maximum Gasteiger partial charge on any atom is 0.234 e. The third kappa shape index (κ3) is 4.39. The van der Waals surface area contributed by atoms with Gasteiger partial charge in [0.25, 0.3) is 0 Å². The Hall–Kier alpha value is -2.21. The van der Waals surface area contributed by atoms with Crippen molar-refractivity contribution < 1.29 is 9.53 Å². The van der Waals surface area contributed by atoms with Crippen molar-refractivity contribution >= 4 is 29.0 Å². The Bertz CT molecular complexity index is 629. The highest BCUT2D eigenvalue weighted by Gasteiger charge is 2.08. The first-order valence-electron chi connectivity index (χ1n) is 6.37. The van der Waals surface area contributed by atoms with Gasteiger partial charge in [0.1, 0.15) is 5.75 Å². The number of aryl methyl sites for hydroxylation is 1. The number of nitrogens with two attached hydrogens (primary N) is 1. The Morgan fingerprint density at radius 1 is 1.38 bits per heavy atom. The molecule has 6 heteroatoms. The zero-order valence-corrected chi connectivity index (χ0v) is 12.7. The smallest absolute Gasteiger partial charge is 0.234 e. The Morgan fingerprint density at radius 3 is 2.86 bits per heavy atom. The van der Waals surface area contributed by atoms with Gasteiger partial charge in [-0.1, -0.05) is 17.8 Å². The second-order valence-electron chi connectivity index (χ2n) is 4.47. The van der Waals surface area contributed by atoms with Gasteiger partial charge in [0, 0.05) is 0 Å². The maximum atomic E-state index is 12.0. The molecule has 0 fully saturated rings. The van der Waals surface area contributed by atoms with Gasteiger partial charge in [-0.15, -0.1) is 0 Å². The van der Waals surface area contributed by atoms with E-state index >= 15 is 0 Å². The number of rotatable bonds is 5. The Kier molecular flexibility index (Phi) is 5.05. The van der Waals surface area contributed by atoms with E-state index in [9.17, 15) is 4.79 Å². The van der Waals surface area contributed by atoms with Crippen LogP contribution in [-0.2, 0) is 4.79 Å². The van der Waals surface area contributed by atoms with Crippen molar-refractivity contribution in [3.05, 3.63) is 42.1 Å². The second kappa shape index (κ2) is 6.99. The molecule has 0 aliphatic carbocycles. The van der Waals surface area contributed by atoms with Gasteiger partial charge in [0.05, 0.1) is 35.5 Å². The molecule has 0 saturated carbocycles. The fraction of sp³-hybridized carbons (Fsp3) is 0.200. The first kappa shape index (κ1) is 15.2. The molecule has 0 spiro atoms. The number of benzene rings is 1. The first-order valence-corrected chi connectivity index (χ1v) is 7.36. The van der Waals surface area contributed by atoms with Gasteiger partial charge in [0.15, 0.2) is 0 Å². The van der Waals surface area contributed by atoms with Gasteiger partial charge in [-0.2, -0.15) is 0 Å². The predicted octanol–water partition coefficient (Wildman–Crippen LogP) is 2.71. The van der Waals surface area contributed by atoms with Crippen LogP contribution in [-0.4, -0.2) is 23.8 Å². The van der Waals surface area contributed by atoms with E-state index in [0.717, 1.165) is 10.6 Å². The second-order valence-corrected chi connectivity index (χ2v) is 5.47. The number of aromatic nitrogens is 1. The summed E-state index contributed by atoms with van der Waals surface area (Å²) in [6.45, 7) is 1.96. The molecule has 2 aromatic rings. The number of anilines is 2. The molecular weight excluding hydrogens is 286 g/mol. The molecule has 0 aliphatic rings. The Labute approximate surface area is 127 Å². The molecule has 0 bridgehead atoms. The van der Waals surface area contributed by atoms with E-state index in [-0.39, 0.29) is 11.7 Å². The van der Waals surface area contributed by atoms with E-state index in [0.29, 0.717) is 17.1 Å². The van der Waals surface area contributed by atoms with Gasteiger partial charge in [-0.25, -0.2) is 4.98 Å². The molecular formula is C15H17N3O2S. The summed E-state index contributed by atoms with van der Waals surface area (Å²) in [5.74, 6) is 0.806. The summed E-state index contributed by atoms with van der Waals surface area (Å²) in [4.78, 5) is 16.1. The Morgan fingerprint density at radius 2 is 2.19 bits per heavy atom. The minimum atomic E-state index is -0.109. The number of nitrogens with zero attached hydrogens (tertiary/aromatic N) is 1. The van der Waals surface area contributed by atoms with Gasteiger partial charge in [0.2, 0.25) is 5.91 Å². The van der Waals surface area contributed by atoms with Crippen molar-refractivity contribution in [3.63, 3.8) is 0 Å². The van der Waals surface area contributed by atoms with Gasteiger partial charge < -0.3 is 15.8 Å². The van der Waals surface area contributed by atoms with Gasteiger partial charge >= 0.3 is 0 Å². The quantitative estimate of drug-likeness (QED) is 0.830. The van der Waals surface area contributed by atoms with E-state index in [1.165, 1.54) is 11.8 Å². The number of ether oxygens (including phenoxy) is 1. The highest BCUT2D eigenvalue weighted by molar-refractivity contribution is 7.99. The molecule has 0 saturated heterocycles. The van der Waals surface area contributed by atoms with E-state index in [1.807, 2.05) is 25.1 Å². The number of amides is 1. The van der Waals surface area contributed by atoms with Crippen molar-refractivity contribution in [3.8, 4) is 5.75 Å². The van der Waals surface area contributed by atoms with E-state index in [4.69, 9.17) is 10.5 Å². The van der Waals surface area contributed by atoms with Crippen LogP contribution in [0, 0.1) is 6.92 Å². The lowest BCUT2D eigenvalue weighted by atomic mass is 10.2. The summed E-state index contributed by atoms with van der Waals surface area (Å²) in [7, 11) is 1.58. The van der Waals surface area contributed by atoms with Crippen LogP contribution >= 0.6 is 11.8 Å². The molecule has 0 atom stereocenters. The summed E-state index contributed by atoms with van der Waals surface area (Å²) >= 11 is 1.35. The molecule has 3 N–H and O–H groups in total. The maximum absolute atomic E-state index is 12.0. The molecule has 0 aliphatic heterocycles. The lowest BCUT2D eigenvalue weighted by molar-refractivity contribution is -0.113. The summed E-state index contributed by atoms with van der Waals surface area (Å²) in [6.07, 6.45) is 1.57. The number of carbonyl (C=O) groups is 1. The molecule has 5 nitrogen and oxygen atoms in total. The molecule has 110 valence electrons. The zero-order valence-electron chi connectivity index (χ0n) is 11.9. The van der Waals surface area contributed by atoms with Crippen LogP contribution in [0.5, 0.6) is 5.75 Å². The van der Waals surface area contributed by atoms with Crippen molar-refractivity contribution in [1.29, 1.82) is 0 Å². The normalized spacial score (nSPS) is 10.2. The monoisotopic (exact) mass is 303 g/mol. The molecule has 1 heterocycles. The van der Waals surface area contributed by atoms with Crippen LogP contribution in [0.2, 0.25) is 0 Å². The number of methoxy groups -OCH3 is 1. The molecule has 1 aromatic heterocycles. The summed E-state index contributed by atoms with van der Waals surface area (Å²) in [6, 6.07) is 9.20. The van der Waals surface area contributed by atoms with Crippen LogP contribution in [0.3, 0.4) is 0 Å². The fourth-order valence-corrected chi connectivity index (χ4v) is 2.37. The van der Waals surface area contributed by atoms with E-state index in [2.05, 4.69) is 10.3 Å². The van der Waals surface area contributed by atoms with Crippen LogP contribution in [0.25, 0.3) is 0 Å². The number of nitrogens with one attached hydrogen (secondary N) is 1. The summed E-state index contributed by atoms with van der Waals surface area (Å²) in [5.41, 5.74) is 7.90. The van der Waals surface area contributed by atoms with Gasteiger partial charge in [-0.3, -0.25) is 4.79 Å². The number of hydrogen-bond donors (Lipinski definition) is 2. The van der Waals surface area contributed by atoms with Crippen LogP contribution < -0.4 is 15.8 Å². The highest BCUT2D eigenvalue weighted by Crippen LogP contribution is 2.25. The van der Waals surface area contributed by atoms with Crippen LogP contribution in [0.4, 0.5) is 11.4 Å². The topological polar surface area (TPSA) is 77.2 Å². The summed E-state index contributed by atoms with van der Waals surface area (Å²) in [5, 5.41) is 3.61. The molecule has 2 rings (SSSR count). The predicted molar refractivity (Wildman–Crippen MR) is 85.7 cm³/mol. The minimum Gasteiger partial charge on any atom is -0.495 e. The third-order valence-corrected chi connectivity index (χ3v) is 3.68. The number of carbonyl (C=O) groups excluding carboxylic acids is 1. The fourth-order valence-electron chi connectivity index (χ4n) is 1.72. The van der Waals surface area contributed by atoms with Crippen molar-refractivity contribution in [2.24, 2.45) is 0 Å². The molecule has 1 aromatic carbocycles. The minimum absolute atomic E-state index is 0.109. The lowest BCUT2D eigenvalue weighted by Gasteiger charge is -2.10. The van der Waals surface area contributed by atoms with Crippen molar-refractivity contribution in [1.82, 2.24) is 4.98 Å². The third-order valence-electron chi connectivity index (χ3n) is 2.74. The first-order chi connectivity index (χ1) is 10.1. The van der Waals surface area contributed by atoms with Crippen LogP contribution in [0.1, 0.15) is 5.56 Å². The molecule has 21 heavy (non-hydrogen) atoms.